The molecule has 5 heteroatoms. The van der Waals surface area contributed by atoms with Crippen molar-refractivity contribution in [2.24, 2.45) is 0 Å². The van der Waals surface area contributed by atoms with E-state index in [0.717, 1.165) is 21.5 Å². The molecule has 4 nitrogen and oxygen atoms in total. The van der Waals surface area contributed by atoms with E-state index >= 15 is 0 Å². The third-order valence-electron chi connectivity index (χ3n) is 4.09. The second kappa shape index (κ2) is 6.48. The smallest absolute Gasteiger partial charge is 0.251 e. The van der Waals surface area contributed by atoms with Crippen LogP contribution in [-0.4, -0.2) is 18.6 Å². The number of rotatable bonds is 3. The minimum absolute atomic E-state index is 0.0908. The summed E-state index contributed by atoms with van der Waals surface area (Å²) in [6.07, 6.45) is 0.703. The Morgan fingerprint density at radius 3 is 2.62 bits per heavy atom. The zero-order valence-electron chi connectivity index (χ0n) is 13.9. The van der Waals surface area contributed by atoms with Crippen molar-refractivity contribution in [2.45, 2.75) is 31.9 Å². The predicted octanol–water partition coefficient (Wildman–Crippen LogP) is 4.49. The molecule has 1 atom stereocenters. The first-order valence-corrected chi connectivity index (χ1v) is 8.61. The average Bonchev–Trinajstić information content (AvgIpc) is 2.53. The molecule has 1 amide bonds. The Morgan fingerprint density at radius 2 is 1.96 bits per heavy atom. The first kappa shape index (κ1) is 16.8. The maximum Gasteiger partial charge on any atom is 0.251 e. The third-order valence-corrected chi connectivity index (χ3v) is 4.62. The number of hydrogen-bond donors (Lipinski definition) is 1. The Kier molecular flexibility index (Phi) is 4.54. The van der Waals surface area contributed by atoms with Crippen molar-refractivity contribution in [2.75, 3.05) is 7.11 Å². The van der Waals surface area contributed by atoms with Gasteiger partial charge in [0.15, 0.2) is 0 Å². The highest BCUT2D eigenvalue weighted by Crippen LogP contribution is 2.41. The Balaban J connectivity index is 1.88. The quantitative estimate of drug-likeness (QED) is 0.840. The Bertz CT molecular complexity index is 756. The molecule has 2 aromatic rings. The van der Waals surface area contributed by atoms with Gasteiger partial charge in [0.25, 0.3) is 5.91 Å². The second-order valence-corrected chi connectivity index (χ2v) is 7.42. The monoisotopic (exact) mass is 389 g/mol. The van der Waals surface area contributed by atoms with Crippen LogP contribution in [0.2, 0.25) is 0 Å². The number of amides is 1. The minimum atomic E-state index is -0.364. The highest BCUT2D eigenvalue weighted by Gasteiger charge is 2.34. The van der Waals surface area contributed by atoms with Crippen molar-refractivity contribution in [3.8, 4) is 11.5 Å². The zero-order chi connectivity index (χ0) is 17.3. The van der Waals surface area contributed by atoms with Crippen LogP contribution < -0.4 is 14.8 Å². The molecule has 0 saturated carbocycles. The maximum atomic E-state index is 12.6. The van der Waals surface area contributed by atoms with Gasteiger partial charge in [-0.15, -0.1) is 0 Å². The molecule has 0 radical (unpaired) electrons. The number of benzene rings is 2. The van der Waals surface area contributed by atoms with Crippen LogP contribution in [0.5, 0.6) is 11.5 Å². The van der Waals surface area contributed by atoms with Crippen molar-refractivity contribution < 1.29 is 14.3 Å². The molecule has 2 aromatic carbocycles. The summed E-state index contributed by atoms with van der Waals surface area (Å²) in [5.41, 5.74) is 1.25. The topological polar surface area (TPSA) is 47.6 Å². The average molecular weight is 390 g/mol. The fraction of sp³-hybridized carbons (Fsp3) is 0.316. The van der Waals surface area contributed by atoms with Crippen LogP contribution in [0.25, 0.3) is 0 Å². The van der Waals surface area contributed by atoms with Crippen LogP contribution in [0.15, 0.2) is 46.9 Å². The molecule has 126 valence electrons. The molecular weight excluding hydrogens is 370 g/mol. The molecule has 3 rings (SSSR count). The lowest BCUT2D eigenvalue weighted by molar-refractivity contribution is 0.0617. The van der Waals surface area contributed by atoms with Gasteiger partial charge in [0.2, 0.25) is 0 Å². The number of nitrogens with one attached hydrogen (secondary N) is 1. The molecule has 0 aromatic heterocycles. The van der Waals surface area contributed by atoms with Gasteiger partial charge in [0.1, 0.15) is 17.1 Å². The normalized spacial score (nSPS) is 18.2. The van der Waals surface area contributed by atoms with Crippen molar-refractivity contribution in [3.63, 3.8) is 0 Å². The number of halogens is 1. The van der Waals surface area contributed by atoms with Crippen LogP contribution in [-0.2, 0) is 0 Å². The first-order chi connectivity index (χ1) is 11.4. The first-order valence-electron chi connectivity index (χ1n) is 7.81. The number of ether oxygens (including phenoxy) is 2. The number of fused-ring (bicyclic) bond motifs is 1. The SMILES string of the molecule is COc1ccc2c(c1)OC(C)(C)C[C@H]2NC(=O)c1ccc(Br)cc1. The van der Waals surface area contributed by atoms with E-state index in [0.29, 0.717) is 12.0 Å². The van der Waals surface area contributed by atoms with Crippen LogP contribution in [0.1, 0.15) is 42.2 Å². The summed E-state index contributed by atoms with van der Waals surface area (Å²) in [5.74, 6) is 1.41. The van der Waals surface area contributed by atoms with Crippen LogP contribution in [0, 0.1) is 0 Å². The number of hydrogen-bond acceptors (Lipinski definition) is 3. The number of carbonyl (C=O) groups excluding carboxylic acids is 1. The molecule has 0 bridgehead atoms. The van der Waals surface area contributed by atoms with Gasteiger partial charge in [-0.25, -0.2) is 0 Å². The van der Waals surface area contributed by atoms with E-state index in [9.17, 15) is 4.79 Å². The Morgan fingerprint density at radius 1 is 1.25 bits per heavy atom. The molecule has 1 aliphatic rings. The van der Waals surface area contributed by atoms with Gasteiger partial charge in [-0.05, 0) is 50.2 Å². The summed E-state index contributed by atoms with van der Waals surface area (Å²) in [5, 5.41) is 3.13. The second-order valence-electron chi connectivity index (χ2n) is 6.50. The molecular formula is C19H20BrNO3. The third kappa shape index (κ3) is 3.56. The summed E-state index contributed by atoms with van der Waals surface area (Å²) < 4.78 is 12.3. The Labute approximate surface area is 150 Å². The fourth-order valence-electron chi connectivity index (χ4n) is 2.93. The van der Waals surface area contributed by atoms with Gasteiger partial charge in [-0.3, -0.25) is 4.79 Å². The van der Waals surface area contributed by atoms with Crippen molar-refractivity contribution in [3.05, 3.63) is 58.1 Å². The zero-order valence-corrected chi connectivity index (χ0v) is 15.5. The van der Waals surface area contributed by atoms with Gasteiger partial charge in [-0.1, -0.05) is 15.9 Å². The summed E-state index contributed by atoms with van der Waals surface area (Å²) >= 11 is 3.38. The highest BCUT2D eigenvalue weighted by atomic mass is 79.9. The Hall–Kier alpha value is -2.01. The van der Waals surface area contributed by atoms with Crippen molar-refractivity contribution in [1.29, 1.82) is 0 Å². The van der Waals surface area contributed by atoms with E-state index in [2.05, 4.69) is 21.2 Å². The molecule has 0 aliphatic carbocycles. The summed E-state index contributed by atoms with van der Waals surface area (Å²) in [6.45, 7) is 4.04. The molecule has 0 saturated heterocycles. The van der Waals surface area contributed by atoms with E-state index < -0.39 is 0 Å². The maximum absolute atomic E-state index is 12.6. The number of carbonyl (C=O) groups is 1. The lowest BCUT2D eigenvalue weighted by Gasteiger charge is -2.38. The van der Waals surface area contributed by atoms with Gasteiger partial charge >= 0.3 is 0 Å². The largest absolute Gasteiger partial charge is 0.497 e. The van der Waals surface area contributed by atoms with E-state index in [1.165, 1.54) is 0 Å². The lowest BCUT2D eigenvalue weighted by atomic mass is 9.89. The molecule has 0 spiro atoms. The summed E-state index contributed by atoms with van der Waals surface area (Å²) in [7, 11) is 1.63. The molecule has 24 heavy (non-hydrogen) atoms. The van der Waals surface area contributed by atoms with Crippen molar-refractivity contribution in [1.82, 2.24) is 5.32 Å². The van der Waals surface area contributed by atoms with Gasteiger partial charge in [-0.2, -0.15) is 0 Å². The van der Waals surface area contributed by atoms with Gasteiger partial charge < -0.3 is 14.8 Å². The van der Waals surface area contributed by atoms with E-state index in [1.54, 1.807) is 19.2 Å². The molecule has 1 heterocycles. The summed E-state index contributed by atoms with van der Waals surface area (Å²) in [6, 6.07) is 12.9. The number of methoxy groups -OCH3 is 1. The van der Waals surface area contributed by atoms with Gasteiger partial charge in [0.05, 0.1) is 13.2 Å². The standard InChI is InChI=1S/C19H20BrNO3/c1-19(2)11-16(15-9-8-14(23-3)10-17(15)24-19)21-18(22)12-4-6-13(20)7-5-12/h4-10,16H,11H2,1-3H3,(H,21,22)/t16-/m1/s1. The van der Waals surface area contributed by atoms with Crippen LogP contribution >= 0.6 is 15.9 Å². The van der Waals surface area contributed by atoms with Crippen LogP contribution in [0.3, 0.4) is 0 Å². The van der Waals surface area contributed by atoms with Crippen LogP contribution in [0.4, 0.5) is 0 Å². The van der Waals surface area contributed by atoms with E-state index in [1.807, 2.05) is 44.2 Å². The lowest BCUT2D eigenvalue weighted by Crippen LogP contribution is -2.41. The molecule has 0 unspecified atom stereocenters. The predicted molar refractivity (Wildman–Crippen MR) is 96.7 cm³/mol. The van der Waals surface area contributed by atoms with E-state index in [-0.39, 0.29) is 17.6 Å². The van der Waals surface area contributed by atoms with Crippen molar-refractivity contribution >= 4 is 21.8 Å². The highest BCUT2D eigenvalue weighted by molar-refractivity contribution is 9.10. The van der Waals surface area contributed by atoms with E-state index in [4.69, 9.17) is 9.47 Å². The molecule has 1 N–H and O–H groups in total. The fourth-order valence-corrected chi connectivity index (χ4v) is 3.19. The van der Waals surface area contributed by atoms with Gasteiger partial charge in [0, 0.05) is 28.1 Å². The minimum Gasteiger partial charge on any atom is -0.497 e. The molecule has 1 aliphatic heterocycles. The molecule has 0 fully saturated rings. The summed E-state index contributed by atoms with van der Waals surface area (Å²) in [4.78, 5) is 12.6.